The fourth-order valence-corrected chi connectivity index (χ4v) is 2.27. The number of hydrogen-bond donors (Lipinski definition) is 2. The minimum absolute atomic E-state index is 0.0713. The second-order valence-corrected chi connectivity index (χ2v) is 5.44. The van der Waals surface area contributed by atoms with Crippen LogP contribution in [0, 0.1) is 12.3 Å². The Morgan fingerprint density at radius 1 is 1.37 bits per heavy atom. The van der Waals surface area contributed by atoms with E-state index in [1.54, 1.807) is 12.1 Å². The molecule has 1 aromatic rings. The van der Waals surface area contributed by atoms with Crippen LogP contribution in [0.3, 0.4) is 0 Å². The first-order chi connectivity index (χ1) is 8.98. The highest BCUT2D eigenvalue weighted by Gasteiger charge is 2.26. The van der Waals surface area contributed by atoms with E-state index in [9.17, 15) is 9.90 Å². The highest BCUT2D eigenvalue weighted by molar-refractivity contribution is 6.33. The van der Waals surface area contributed by atoms with Gasteiger partial charge in [0.25, 0.3) is 5.91 Å². The van der Waals surface area contributed by atoms with Crippen molar-refractivity contribution < 1.29 is 9.90 Å². The van der Waals surface area contributed by atoms with Gasteiger partial charge < -0.3 is 10.4 Å². The summed E-state index contributed by atoms with van der Waals surface area (Å²) >= 11 is 6.07. The topological polar surface area (TPSA) is 49.3 Å². The quantitative estimate of drug-likeness (QED) is 0.842. The summed E-state index contributed by atoms with van der Waals surface area (Å²) < 4.78 is 0. The molecule has 0 spiro atoms. The van der Waals surface area contributed by atoms with Gasteiger partial charge in [-0.25, -0.2) is 0 Å². The third-order valence-electron chi connectivity index (χ3n) is 3.83. The Labute approximate surface area is 120 Å². The van der Waals surface area contributed by atoms with Crippen molar-refractivity contribution in [3.8, 4) is 0 Å². The molecule has 0 radical (unpaired) electrons. The molecule has 0 atom stereocenters. The van der Waals surface area contributed by atoms with E-state index in [4.69, 9.17) is 11.6 Å². The van der Waals surface area contributed by atoms with Crippen LogP contribution in [0.5, 0.6) is 0 Å². The van der Waals surface area contributed by atoms with Gasteiger partial charge in [-0.05, 0) is 37.5 Å². The van der Waals surface area contributed by atoms with E-state index in [-0.39, 0.29) is 17.9 Å². The van der Waals surface area contributed by atoms with E-state index in [1.807, 2.05) is 26.8 Å². The number of hydrogen-bond acceptors (Lipinski definition) is 2. The Balaban J connectivity index is 2.75. The number of carbonyl (C=O) groups excluding carboxylic acids is 1. The lowest BCUT2D eigenvalue weighted by molar-refractivity contribution is 0.0851. The second kappa shape index (κ2) is 6.92. The van der Waals surface area contributed by atoms with Gasteiger partial charge >= 0.3 is 0 Å². The van der Waals surface area contributed by atoms with Gasteiger partial charge in [0.15, 0.2) is 0 Å². The largest absolute Gasteiger partial charge is 0.396 e. The van der Waals surface area contributed by atoms with Crippen LogP contribution in [0.4, 0.5) is 0 Å². The van der Waals surface area contributed by atoms with Crippen LogP contribution in [-0.4, -0.2) is 24.2 Å². The Kier molecular flexibility index (Phi) is 5.83. The summed E-state index contributed by atoms with van der Waals surface area (Å²) in [5.74, 6) is -0.190. The van der Waals surface area contributed by atoms with Crippen LogP contribution >= 0.6 is 11.6 Å². The first-order valence-corrected chi connectivity index (χ1v) is 7.01. The number of halogens is 1. The molecule has 0 saturated heterocycles. The molecular weight excluding hydrogens is 262 g/mol. The Morgan fingerprint density at radius 3 is 2.47 bits per heavy atom. The van der Waals surface area contributed by atoms with Crippen LogP contribution in [0.2, 0.25) is 5.02 Å². The molecule has 0 saturated carbocycles. The lowest BCUT2D eigenvalue weighted by Crippen LogP contribution is -2.39. The summed E-state index contributed by atoms with van der Waals surface area (Å²) in [4.78, 5) is 12.1. The van der Waals surface area contributed by atoms with Crippen molar-refractivity contribution in [2.24, 2.45) is 5.41 Å². The number of rotatable bonds is 6. The molecule has 0 aliphatic rings. The van der Waals surface area contributed by atoms with Gasteiger partial charge in [0.1, 0.15) is 0 Å². The van der Waals surface area contributed by atoms with Crippen molar-refractivity contribution in [3.05, 3.63) is 34.3 Å². The van der Waals surface area contributed by atoms with Gasteiger partial charge in [0, 0.05) is 12.0 Å². The predicted octanol–water partition coefficient (Wildman–Crippen LogP) is 3.18. The predicted molar refractivity (Wildman–Crippen MR) is 78.6 cm³/mol. The fraction of sp³-hybridized carbons (Fsp3) is 0.533. The maximum absolute atomic E-state index is 12.1. The Morgan fingerprint density at radius 2 is 2.00 bits per heavy atom. The molecule has 0 aromatic heterocycles. The van der Waals surface area contributed by atoms with Gasteiger partial charge in [-0.15, -0.1) is 0 Å². The average Bonchev–Trinajstić information content (AvgIpc) is 2.40. The van der Waals surface area contributed by atoms with E-state index < -0.39 is 0 Å². The summed E-state index contributed by atoms with van der Waals surface area (Å²) in [6.07, 6.45) is 1.64. The molecule has 0 fully saturated rings. The van der Waals surface area contributed by atoms with Gasteiger partial charge in [0.2, 0.25) is 0 Å². The van der Waals surface area contributed by atoms with Crippen molar-refractivity contribution in [1.82, 2.24) is 5.32 Å². The molecule has 0 aliphatic carbocycles. The summed E-state index contributed by atoms with van der Waals surface area (Å²) in [6, 6.07) is 5.36. The van der Waals surface area contributed by atoms with Gasteiger partial charge in [0.05, 0.1) is 17.2 Å². The Bertz CT molecular complexity index is 434. The van der Waals surface area contributed by atoms with Crippen molar-refractivity contribution >= 4 is 17.5 Å². The number of aliphatic hydroxyl groups is 1. The first-order valence-electron chi connectivity index (χ1n) is 6.63. The molecule has 0 aliphatic heterocycles. The van der Waals surface area contributed by atoms with Crippen molar-refractivity contribution in [2.45, 2.75) is 33.6 Å². The zero-order chi connectivity index (χ0) is 14.5. The molecule has 0 unspecified atom stereocenters. The minimum atomic E-state index is -0.243. The van der Waals surface area contributed by atoms with Crippen LogP contribution in [0.25, 0.3) is 0 Å². The molecule has 0 heterocycles. The van der Waals surface area contributed by atoms with Gasteiger partial charge in [-0.3, -0.25) is 4.79 Å². The monoisotopic (exact) mass is 283 g/mol. The second-order valence-electron chi connectivity index (χ2n) is 5.03. The molecular formula is C15H22ClNO2. The number of aryl methyl sites for hydroxylation is 1. The van der Waals surface area contributed by atoms with E-state index >= 15 is 0 Å². The summed E-state index contributed by atoms with van der Waals surface area (Å²) in [5, 5.41) is 12.8. The van der Waals surface area contributed by atoms with E-state index in [0.29, 0.717) is 17.1 Å². The van der Waals surface area contributed by atoms with Crippen LogP contribution in [0.1, 0.15) is 42.6 Å². The number of carbonyl (C=O) groups is 1. The zero-order valence-corrected chi connectivity index (χ0v) is 12.5. The van der Waals surface area contributed by atoms with Crippen molar-refractivity contribution in [1.29, 1.82) is 0 Å². The van der Waals surface area contributed by atoms with E-state index in [1.165, 1.54) is 0 Å². The number of nitrogens with one attached hydrogen (secondary N) is 1. The third-order valence-corrected chi connectivity index (χ3v) is 4.14. The molecule has 1 rings (SSSR count). The molecule has 1 aromatic carbocycles. The molecule has 19 heavy (non-hydrogen) atoms. The molecule has 4 heteroatoms. The highest BCUT2D eigenvalue weighted by Crippen LogP contribution is 2.25. The summed E-state index contributed by atoms with van der Waals surface area (Å²) in [7, 11) is 0. The smallest absolute Gasteiger partial charge is 0.252 e. The minimum Gasteiger partial charge on any atom is -0.396 e. The molecule has 106 valence electrons. The van der Waals surface area contributed by atoms with Crippen molar-refractivity contribution in [3.63, 3.8) is 0 Å². The van der Waals surface area contributed by atoms with Gasteiger partial charge in [-0.1, -0.05) is 31.5 Å². The zero-order valence-electron chi connectivity index (χ0n) is 11.8. The summed E-state index contributed by atoms with van der Waals surface area (Å²) in [6.45, 7) is 6.50. The van der Waals surface area contributed by atoms with Crippen molar-refractivity contribution in [2.75, 3.05) is 13.2 Å². The fourth-order valence-electron chi connectivity index (χ4n) is 1.95. The molecule has 3 nitrogen and oxygen atoms in total. The summed E-state index contributed by atoms with van der Waals surface area (Å²) in [5.41, 5.74) is 1.26. The average molecular weight is 284 g/mol. The highest BCUT2D eigenvalue weighted by atomic mass is 35.5. The van der Waals surface area contributed by atoms with Crippen LogP contribution in [0.15, 0.2) is 18.2 Å². The number of aliphatic hydroxyl groups excluding tert-OH is 1. The maximum atomic E-state index is 12.1. The lowest BCUT2D eigenvalue weighted by Gasteiger charge is -2.29. The lowest BCUT2D eigenvalue weighted by atomic mass is 9.83. The molecule has 0 bridgehead atoms. The maximum Gasteiger partial charge on any atom is 0.252 e. The number of amides is 1. The SMILES string of the molecule is CCC(CC)(CO)CNC(=O)c1ccc(C)cc1Cl. The first kappa shape index (κ1) is 16.0. The normalized spacial score (nSPS) is 11.4. The Hall–Kier alpha value is -1.06. The molecule has 2 N–H and O–H groups in total. The number of benzene rings is 1. The standard InChI is InChI=1S/C15H22ClNO2/c1-4-15(5-2,10-18)9-17-14(19)12-7-6-11(3)8-13(12)16/h6-8,18H,4-5,9-10H2,1-3H3,(H,17,19). The van der Waals surface area contributed by atoms with Crippen LogP contribution in [-0.2, 0) is 0 Å². The molecule has 1 amide bonds. The van der Waals surface area contributed by atoms with Crippen LogP contribution < -0.4 is 5.32 Å². The van der Waals surface area contributed by atoms with Gasteiger partial charge in [-0.2, -0.15) is 0 Å². The van der Waals surface area contributed by atoms with E-state index in [2.05, 4.69) is 5.32 Å². The third kappa shape index (κ3) is 3.95. The van der Waals surface area contributed by atoms with E-state index in [0.717, 1.165) is 18.4 Å².